The van der Waals surface area contributed by atoms with Crippen molar-refractivity contribution in [2.45, 2.75) is 19.8 Å². The fourth-order valence-electron chi connectivity index (χ4n) is 2.27. The van der Waals surface area contributed by atoms with Gasteiger partial charge >= 0.3 is 0 Å². The molecule has 3 N–H and O–H groups in total. The van der Waals surface area contributed by atoms with E-state index in [1.54, 1.807) is 4.90 Å². The van der Waals surface area contributed by atoms with Gasteiger partial charge in [-0.1, -0.05) is 0 Å². The molecule has 0 bridgehead atoms. The lowest BCUT2D eigenvalue weighted by molar-refractivity contribution is -0.122. The van der Waals surface area contributed by atoms with E-state index < -0.39 is 5.82 Å². The summed E-state index contributed by atoms with van der Waals surface area (Å²) in [4.78, 5) is 20.9. The second kappa shape index (κ2) is 5.81. The highest BCUT2D eigenvalue weighted by Crippen LogP contribution is 2.26. The predicted octanol–water partition coefficient (Wildman–Crippen LogP) is 0.749. The number of halogens is 1. The van der Waals surface area contributed by atoms with Crippen molar-refractivity contribution in [1.82, 2.24) is 9.97 Å². The molecule has 1 fully saturated rings. The van der Waals surface area contributed by atoms with E-state index in [0.29, 0.717) is 19.6 Å². The van der Waals surface area contributed by atoms with Gasteiger partial charge in [0.1, 0.15) is 6.33 Å². The van der Waals surface area contributed by atoms with Crippen LogP contribution in [-0.2, 0) is 4.79 Å². The smallest absolute Gasteiger partial charge is 0.222 e. The minimum Gasteiger partial charge on any atom is -0.369 e. The van der Waals surface area contributed by atoms with Gasteiger partial charge in [0.15, 0.2) is 11.6 Å². The Morgan fingerprint density at radius 1 is 1.63 bits per heavy atom. The van der Waals surface area contributed by atoms with Crippen LogP contribution in [0.3, 0.4) is 0 Å². The molecule has 1 atom stereocenters. The SMILES string of the molecule is CCNc1ncnc(N2CCCC(C(N)=O)C2)c1F. The van der Waals surface area contributed by atoms with Crippen molar-refractivity contribution >= 4 is 17.5 Å². The molecule has 2 heterocycles. The maximum atomic E-state index is 14.2. The summed E-state index contributed by atoms with van der Waals surface area (Å²) in [7, 11) is 0. The summed E-state index contributed by atoms with van der Waals surface area (Å²) >= 11 is 0. The van der Waals surface area contributed by atoms with Gasteiger partial charge in [-0.25, -0.2) is 9.97 Å². The van der Waals surface area contributed by atoms with Crippen molar-refractivity contribution in [2.75, 3.05) is 29.9 Å². The number of rotatable bonds is 4. The molecule has 1 aliphatic heterocycles. The normalized spacial score (nSPS) is 19.3. The van der Waals surface area contributed by atoms with Crippen molar-refractivity contribution in [3.63, 3.8) is 0 Å². The molecule has 0 saturated carbocycles. The summed E-state index contributed by atoms with van der Waals surface area (Å²) in [6.07, 6.45) is 2.87. The van der Waals surface area contributed by atoms with Crippen LogP contribution in [0.25, 0.3) is 0 Å². The monoisotopic (exact) mass is 267 g/mol. The van der Waals surface area contributed by atoms with E-state index in [0.717, 1.165) is 12.8 Å². The highest BCUT2D eigenvalue weighted by Gasteiger charge is 2.27. The topological polar surface area (TPSA) is 84.1 Å². The first-order valence-corrected chi connectivity index (χ1v) is 6.42. The number of piperidine rings is 1. The van der Waals surface area contributed by atoms with Crippen LogP contribution in [0.5, 0.6) is 0 Å². The third-order valence-electron chi connectivity index (χ3n) is 3.24. The lowest BCUT2D eigenvalue weighted by Gasteiger charge is -2.32. The van der Waals surface area contributed by atoms with Crippen LogP contribution >= 0.6 is 0 Å². The first-order valence-electron chi connectivity index (χ1n) is 6.42. The van der Waals surface area contributed by atoms with Gasteiger partial charge in [0.2, 0.25) is 11.7 Å². The second-order valence-electron chi connectivity index (χ2n) is 4.58. The van der Waals surface area contributed by atoms with Gasteiger partial charge in [0.05, 0.1) is 5.92 Å². The highest BCUT2D eigenvalue weighted by molar-refractivity contribution is 5.77. The number of nitrogens with one attached hydrogen (secondary N) is 1. The number of carbonyl (C=O) groups excluding carboxylic acids is 1. The minimum absolute atomic E-state index is 0.189. The Bertz CT molecular complexity index is 467. The van der Waals surface area contributed by atoms with Gasteiger partial charge in [-0.15, -0.1) is 0 Å². The molecule has 1 aromatic rings. The lowest BCUT2D eigenvalue weighted by atomic mass is 9.97. The molecular weight excluding hydrogens is 249 g/mol. The van der Waals surface area contributed by atoms with E-state index in [-0.39, 0.29) is 23.5 Å². The quantitative estimate of drug-likeness (QED) is 0.841. The summed E-state index contributed by atoms with van der Waals surface area (Å²) in [6.45, 7) is 3.53. The Morgan fingerprint density at radius 2 is 2.42 bits per heavy atom. The van der Waals surface area contributed by atoms with Gasteiger partial charge in [0, 0.05) is 19.6 Å². The molecule has 0 aliphatic carbocycles. The fraction of sp³-hybridized carbons (Fsp3) is 0.583. The zero-order chi connectivity index (χ0) is 13.8. The number of hydrogen-bond donors (Lipinski definition) is 2. The maximum Gasteiger partial charge on any atom is 0.222 e. The summed E-state index contributed by atoms with van der Waals surface area (Å²) < 4.78 is 14.2. The molecule has 1 aliphatic rings. The Kier molecular flexibility index (Phi) is 4.13. The first-order chi connectivity index (χ1) is 9.13. The molecule has 7 heteroatoms. The van der Waals surface area contributed by atoms with E-state index >= 15 is 0 Å². The number of primary amides is 1. The van der Waals surface area contributed by atoms with E-state index in [2.05, 4.69) is 15.3 Å². The highest BCUT2D eigenvalue weighted by atomic mass is 19.1. The molecule has 1 unspecified atom stereocenters. The Balaban J connectivity index is 2.21. The number of hydrogen-bond acceptors (Lipinski definition) is 5. The van der Waals surface area contributed by atoms with Gasteiger partial charge in [-0.3, -0.25) is 4.79 Å². The number of nitrogens with zero attached hydrogens (tertiary/aromatic N) is 3. The molecule has 1 saturated heterocycles. The average molecular weight is 267 g/mol. The van der Waals surface area contributed by atoms with Crippen LogP contribution in [-0.4, -0.2) is 35.5 Å². The lowest BCUT2D eigenvalue weighted by Crippen LogP contribution is -2.42. The molecule has 6 nitrogen and oxygen atoms in total. The van der Waals surface area contributed by atoms with Gasteiger partial charge in [0.25, 0.3) is 0 Å². The zero-order valence-electron chi connectivity index (χ0n) is 10.9. The van der Waals surface area contributed by atoms with Crippen molar-refractivity contribution in [2.24, 2.45) is 11.7 Å². The Labute approximate surface area is 111 Å². The van der Waals surface area contributed by atoms with Gasteiger partial charge < -0.3 is 16.0 Å². The van der Waals surface area contributed by atoms with Gasteiger partial charge in [-0.2, -0.15) is 4.39 Å². The number of carbonyl (C=O) groups is 1. The molecule has 1 aromatic heterocycles. The van der Waals surface area contributed by atoms with E-state index in [9.17, 15) is 9.18 Å². The summed E-state index contributed by atoms with van der Waals surface area (Å²) in [5.41, 5.74) is 5.32. The summed E-state index contributed by atoms with van der Waals surface area (Å²) in [5.74, 6) is -0.642. The van der Waals surface area contributed by atoms with Crippen LogP contribution < -0.4 is 16.0 Å². The van der Waals surface area contributed by atoms with Crippen LogP contribution in [0.1, 0.15) is 19.8 Å². The largest absolute Gasteiger partial charge is 0.369 e. The van der Waals surface area contributed by atoms with E-state index in [1.807, 2.05) is 6.92 Å². The van der Waals surface area contributed by atoms with Crippen LogP contribution in [0, 0.1) is 11.7 Å². The molecule has 0 radical (unpaired) electrons. The van der Waals surface area contributed by atoms with Crippen LogP contribution in [0.4, 0.5) is 16.0 Å². The molecule has 19 heavy (non-hydrogen) atoms. The van der Waals surface area contributed by atoms with Crippen LogP contribution in [0.15, 0.2) is 6.33 Å². The van der Waals surface area contributed by atoms with E-state index in [4.69, 9.17) is 5.73 Å². The summed E-state index contributed by atoms with van der Waals surface area (Å²) in [5, 5.41) is 2.84. The minimum atomic E-state index is -0.477. The summed E-state index contributed by atoms with van der Waals surface area (Å²) in [6, 6.07) is 0. The molecular formula is C12H18FN5O. The maximum absolute atomic E-state index is 14.2. The number of aromatic nitrogens is 2. The van der Waals surface area contributed by atoms with Crippen molar-refractivity contribution < 1.29 is 9.18 Å². The average Bonchev–Trinajstić information content (AvgIpc) is 2.41. The Hall–Kier alpha value is -1.92. The molecule has 2 rings (SSSR count). The van der Waals surface area contributed by atoms with Crippen molar-refractivity contribution in [3.05, 3.63) is 12.1 Å². The molecule has 0 aromatic carbocycles. The Morgan fingerprint density at radius 3 is 3.11 bits per heavy atom. The molecule has 0 spiro atoms. The number of nitrogens with two attached hydrogens (primary N) is 1. The van der Waals surface area contributed by atoms with Crippen LogP contribution in [0.2, 0.25) is 0 Å². The van der Waals surface area contributed by atoms with Crippen molar-refractivity contribution in [1.29, 1.82) is 0 Å². The zero-order valence-corrected chi connectivity index (χ0v) is 10.9. The molecule has 1 amide bonds. The van der Waals surface area contributed by atoms with E-state index in [1.165, 1.54) is 6.33 Å². The standard InChI is InChI=1S/C12H18FN5O/c1-2-15-11-9(13)12(17-7-16-11)18-5-3-4-8(6-18)10(14)19/h7-8H,2-6H2,1H3,(H2,14,19)(H,15,16,17). The first kappa shape index (κ1) is 13.5. The fourth-order valence-corrected chi connectivity index (χ4v) is 2.27. The van der Waals surface area contributed by atoms with Crippen molar-refractivity contribution in [3.8, 4) is 0 Å². The third kappa shape index (κ3) is 2.91. The third-order valence-corrected chi connectivity index (χ3v) is 3.24. The second-order valence-corrected chi connectivity index (χ2v) is 4.58. The number of amides is 1. The number of anilines is 2. The van der Waals surface area contributed by atoms with Gasteiger partial charge in [-0.05, 0) is 19.8 Å². The molecule has 104 valence electrons. The predicted molar refractivity (Wildman–Crippen MR) is 70.3 cm³/mol.